The molecule has 0 aliphatic carbocycles. The lowest BCUT2D eigenvalue weighted by Gasteiger charge is -2.07. The molecule has 0 unspecified atom stereocenters. The van der Waals surface area contributed by atoms with Crippen LogP contribution in [0.25, 0.3) is 0 Å². The molecule has 4 nitrogen and oxygen atoms in total. The van der Waals surface area contributed by atoms with Crippen LogP contribution in [0.15, 0.2) is 24.3 Å². The number of unbranched alkanes of at least 4 members (excludes halogenated alkanes) is 1. The normalized spacial score (nSPS) is 11.1. The molecular formula is C16H19ClF3N3OS. The fraction of sp³-hybridized carbons (Fsp3) is 0.375. The van der Waals surface area contributed by atoms with Crippen LogP contribution in [0.2, 0.25) is 0 Å². The van der Waals surface area contributed by atoms with E-state index < -0.39 is 17.6 Å². The van der Waals surface area contributed by atoms with Crippen LogP contribution in [0.5, 0.6) is 0 Å². The second-order valence-electron chi connectivity index (χ2n) is 5.30. The Morgan fingerprint density at radius 3 is 2.44 bits per heavy atom. The summed E-state index contributed by atoms with van der Waals surface area (Å²) < 4.78 is 37.6. The number of rotatable bonds is 6. The van der Waals surface area contributed by atoms with Crippen molar-refractivity contribution < 1.29 is 18.0 Å². The van der Waals surface area contributed by atoms with E-state index in [1.807, 2.05) is 6.92 Å². The van der Waals surface area contributed by atoms with E-state index in [-0.39, 0.29) is 18.0 Å². The van der Waals surface area contributed by atoms with Crippen molar-refractivity contribution in [3.8, 4) is 0 Å². The van der Waals surface area contributed by atoms with Gasteiger partial charge in [-0.1, -0.05) is 0 Å². The summed E-state index contributed by atoms with van der Waals surface area (Å²) in [6.07, 6.45) is -1.70. The first-order valence-corrected chi connectivity index (χ1v) is 8.28. The summed E-state index contributed by atoms with van der Waals surface area (Å²) in [4.78, 5) is 17.5. The van der Waals surface area contributed by atoms with E-state index in [0.29, 0.717) is 11.7 Å². The number of amides is 1. The number of carbonyl (C=O) groups excluding carboxylic acids is 1. The molecule has 0 atom stereocenters. The molecule has 3 N–H and O–H groups in total. The number of nitrogens with one attached hydrogen (secondary N) is 1. The van der Waals surface area contributed by atoms with Gasteiger partial charge in [-0.05, 0) is 57.0 Å². The highest BCUT2D eigenvalue weighted by atomic mass is 35.5. The van der Waals surface area contributed by atoms with Gasteiger partial charge in [-0.15, -0.1) is 23.7 Å². The van der Waals surface area contributed by atoms with Gasteiger partial charge in [0.25, 0.3) is 5.91 Å². The maximum atomic E-state index is 12.5. The van der Waals surface area contributed by atoms with Crippen LogP contribution in [-0.4, -0.2) is 17.4 Å². The second-order valence-corrected chi connectivity index (χ2v) is 6.39. The third-order valence-corrected chi connectivity index (χ3v) is 4.58. The molecular weight excluding hydrogens is 375 g/mol. The molecule has 9 heteroatoms. The third-order valence-electron chi connectivity index (χ3n) is 3.45. The minimum Gasteiger partial charge on any atom is -0.330 e. The van der Waals surface area contributed by atoms with Crippen molar-refractivity contribution in [2.75, 3.05) is 11.9 Å². The number of aromatic nitrogens is 1. The molecule has 138 valence electrons. The Hall–Kier alpha value is -1.64. The average molecular weight is 394 g/mol. The zero-order chi connectivity index (χ0) is 17.7. The second kappa shape index (κ2) is 9.17. The monoisotopic (exact) mass is 393 g/mol. The van der Waals surface area contributed by atoms with Gasteiger partial charge in [0, 0.05) is 10.4 Å². The number of anilines is 1. The lowest BCUT2D eigenvalue weighted by atomic mass is 10.1. The van der Waals surface area contributed by atoms with Crippen molar-refractivity contribution in [2.45, 2.75) is 32.4 Å². The molecule has 0 bridgehead atoms. The maximum Gasteiger partial charge on any atom is 0.416 e. The minimum atomic E-state index is -4.42. The maximum absolute atomic E-state index is 12.5. The Bertz CT molecular complexity index is 702. The molecule has 0 aliphatic heterocycles. The zero-order valence-electron chi connectivity index (χ0n) is 13.5. The summed E-state index contributed by atoms with van der Waals surface area (Å²) in [5.74, 6) is -0.481. The van der Waals surface area contributed by atoms with Gasteiger partial charge in [-0.25, -0.2) is 4.98 Å². The molecule has 1 heterocycles. The van der Waals surface area contributed by atoms with Crippen LogP contribution >= 0.6 is 23.7 Å². The Morgan fingerprint density at radius 2 is 1.88 bits per heavy atom. The largest absolute Gasteiger partial charge is 0.416 e. The molecule has 2 aromatic rings. The number of hydrogen-bond donors (Lipinski definition) is 2. The number of benzene rings is 1. The van der Waals surface area contributed by atoms with Gasteiger partial charge >= 0.3 is 6.18 Å². The highest BCUT2D eigenvalue weighted by Crippen LogP contribution is 2.29. The van der Waals surface area contributed by atoms with Gasteiger partial charge < -0.3 is 5.73 Å². The fourth-order valence-electron chi connectivity index (χ4n) is 2.12. The Kier molecular flexibility index (Phi) is 7.85. The SMILES string of the molecule is Cc1nc(NC(=O)c2ccc(C(F)(F)F)cc2)sc1CCCCN.Cl. The molecule has 0 spiro atoms. The number of nitrogens with zero attached hydrogens (tertiary/aromatic N) is 1. The summed E-state index contributed by atoms with van der Waals surface area (Å²) in [5.41, 5.74) is 5.68. The fourth-order valence-corrected chi connectivity index (χ4v) is 3.12. The smallest absolute Gasteiger partial charge is 0.330 e. The number of halogens is 4. The first-order valence-electron chi connectivity index (χ1n) is 7.46. The summed E-state index contributed by atoms with van der Waals surface area (Å²) in [6.45, 7) is 2.50. The number of aryl methyl sites for hydroxylation is 2. The standard InChI is InChI=1S/C16H18F3N3OS.ClH/c1-10-13(4-2-3-9-20)24-15(21-10)22-14(23)11-5-7-12(8-6-11)16(17,18)19;/h5-8H,2-4,9,20H2,1H3,(H,21,22,23);1H. The van der Waals surface area contributed by atoms with Crippen molar-refractivity contribution in [3.63, 3.8) is 0 Å². The number of carbonyl (C=O) groups is 1. The van der Waals surface area contributed by atoms with E-state index in [2.05, 4.69) is 10.3 Å². The van der Waals surface area contributed by atoms with Crippen LogP contribution in [0.4, 0.5) is 18.3 Å². The van der Waals surface area contributed by atoms with Crippen LogP contribution in [0.3, 0.4) is 0 Å². The molecule has 0 saturated heterocycles. The lowest BCUT2D eigenvalue weighted by Crippen LogP contribution is -2.12. The highest BCUT2D eigenvalue weighted by molar-refractivity contribution is 7.15. The van der Waals surface area contributed by atoms with Crippen molar-refractivity contribution in [1.29, 1.82) is 0 Å². The van der Waals surface area contributed by atoms with Crippen molar-refractivity contribution in [2.24, 2.45) is 5.73 Å². The topological polar surface area (TPSA) is 68.0 Å². The van der Waals surface area contributed by atoms with Crippen molar-refractivity contribution in [1.82, 2.24) is 4.98 Å². The molecule has 2 rings (SSSR count). The summed E-state index contributed by atoms with van der Waals surface area (Å²) >= 11 is 1.38. The van der Waals surface area contributed by atoms with Gasteiger partial charge in [0.05, 0.1) is 11.3 Å². The van der Waals surface area contributed by atoms with E-state index in [4.69, 9.17) is 5.73 Å². The number of nitrogens with two attached hydrogens (primary N) is 1. The van der Waals surface area contributed by atoms with E-state index >= 15 is 0 Å². The molecule has 0 radical (unpaired) electrons. The van der Waals surface area contributed by atoms with Gasteiger partial charge in [-0.3, -0.25) is 10.1 Å². The van der Waals surface area contributed by atoms with E-state index in [9.17, 15) is 18.0 Å². The van der Waals surface area contributed by atoms with Crippen molar-refractivity contribution in [3.05, 3.63) is 46.0 Å². The molecule has 1 aromatic heterocycles. The van der Waals surface area contributed by atoms with Gasteiger partial charge in [0.1, 0.15) is 0 Å². The molecule has 0 fully saturated rings. The quantitative estimate of drug-likeness (QED) is 0.713. The van der Waals surface area contributed by atoms with Gasteiger partial charge in [0.2, 0.25) is 0 Å². The first-order chi connectivity index (χ1) is 11.3. The number of thiazole rings is 1. The van der Waals surface area contributed by atoms with Crippen molar-refractivity contribution >= 4 is 34.8 Å². The van der Waals surface area contributed by atoms with Crippen LogP contribution < -0.4 is 11.1 Å². The highest BCUT2D eigenvalue weighted by Gasteiger charge is 2.30. The molecule has 1 amide bonds. The molecule has 25 heavy (non-hydrogen) atoms. The number of alkyl halides is 3. The van der Waals surface area contributed by atoms with Crippen LogP contribution in [0, 0.1) is 6.92 Å². The van der Waals surface area contributed by atoms with E-state index in [1.165, 1.54) is 11.3 Å². The zero-order valence-corrected chi connectivity index (χ0v) is 15.2. The predicted molar refractivity (Wildman–Crippen MR) is 95.5 cm³/mol. The molecule has 1 aromatic carbocycles. The third kappa shape index (κ3) is 5.98. The first kappa shape index (κ1) is 21.4. The Labute approximate surface area is 154 Å². The van der Waals surface area contributed by atoms with Crippen LogP contribution in [0.1, 0.15) is 39.3 Å². The summed E-state index contributed by atoms with van der Waals surface area (Å²) in [6, 6.07) is 4.09. The molecule has 0 saturated carbocycles. The van der Waals surface area contributed by atoms with E-state index in [0.717, 1.165) is 54.1 Å². The summed E-state index contributed by atoms with van der Waals surface area (Å²) in [5, 5.41) is 3.08. The average Bonchev–Trinajstić information content (AvgIpc) is 2.86. The summed E-state index contributed by atoms with van der Waals surface area (Å²) in [7, 11) is 0. The van der Waals surface area contributed by atoms with E-state index in [1.54, 1.807) is 0 Å². The number of hydrogen-bond acceptors (Lipinski definition) is 4. The Balaban J connectivity index is 0.00000312. The van der Waals surface area contributed by atoms with Gasteiger partial charge in [0.15, 0.2) is 5.13 Å². The lowest BCUT2D eigenvalue weighted by molar-refractivity contribution is -0.137. The minimum absolute atomic E-state index is 0. The van der Waals surface area contributed by atoms with Gasteiger partial charge in [-0.2, -0.15) is 13.2 Å². The predicted octanol–water partition coefficient (Wildman–Crippen LogP) is 4.43. The molecule has 0 aliphatic rings. The van der Waals surface area contributed by atoms with Crippen LogP contribution in [-0.2, 0) is 12.6 Å². The Morgan fingerprint density at radius 1 is 1.24 bits per heavy atom.